The number of carbonyl (C=O) groups is 1. The van der Waals surface area contributed by atoms with Crippen LogP contribution in [0.4, 0.5) is 0 Å². The minimum atomic E-state index is -2.49. The summed E-state index contributed by atoms with van der Waals surface area (Å²) in [5, 5.41) is 53.3. The zero-order valence-electron chi connectivity index (χ0n) is 14.7. The van der Waals surface area contributed by atoms with Gasteiger partial charge in [0.15, 0.2) is 6.04 Å². The van der Waals surface area contributed by atoms with Gasteiger partial charge in [0, 0.05) is 23.5 Å². The Morgan fingerprint density at radius 1 is 1.36 bits per heavy atom. The first kappa shape index (κ1) is 20.2. The summed E-state index contributed by atoms with van der Waals surface area (Å²) in [7, 11) is 0. The van der Waals surface area contributed by atoms with Gasteiger partial charge < -0.3 is 35.3 Å². The van der Waals surface area contributed by atoms with Gasteiger partial charge in [0.25, 0.3) is 0 Å². The first-order valence-corrected chi connectivity index (χ1v) is 8.55. The van der Waals surface area contributed by atoms with Crippen LogP contribution in [-0.2, 0) is 16.0 Å². The number of aromatic nitrogens is 1. The summed E-state index contributed by atoms with van der Waals surface area (Å²) in [6, 6.07) is 5.73. The summed E-state index contributed by atoms with van der Waals surface area (Å²) in [5.41, 5.74) is 1.40. The number of nitrogens with zero attached hydrogens (tertiary/aromatic N) is 2. The third kappa shape index (κ3) is 3.70. The first-order chi connectivity index (χ1) is 13.3. The van der Waals surface area contributed by atoms with E-state index in [0.717, 1.165) is 10.9 Å². The van der Waals surface area contributed by atoms with Gasteiger partial charge in [0.2, 0.25) is 5.79 Å². The molecule has 0 saturated carbocycles. The van der Waals surface area contributed by atoms with Crippen LogP contribution in [0, 0.1) is 4.91 Å². The van der Waals surface area contributed by atoms with Crippen molar-refractivity contribution in [3.63, 3.8) is 0 Å². The van der Waals surface area contributed by atoms with Crippen molar-refractivity contribution in [1.29, 1.82) is 0 Å². The van der Waals surface area contributed by atoms with Crippen LogP contribution in [0.15, 0.2) is 35.7 Å². The minimum absolute atomic E-state index is 0.123. The summed E-state index contributed by atoms with van der Waals surface area (Å²) in [6.07, 6.45) is -3.64. The van der Waals surface area contributed by atoms with Crippen molar-refractivity contribution in [1.82, 2.24) is 9.99 Å². The van der Waals surface area contributed by atoms with Gasteiger partial charge in [-0.2, -0.15) is 0 Å². The van der Waals surface area contributed by atoms with Gasteiger partial charge in [-0.15, -0.1) is 4.91 Å². The predicted molar refractivity (Wildman–Crippen MR) is 94.8 cm³/mol. The second kappa shape index (κ2) is 7.81. The molecule has 1 fully saturated rings. The van der Waals surface area contributed by atoms with Crippen molar-refractivity contribution in [3.8, 4) is 0 Å². The molecular weight excluding hydrogens is 374 g/mol. The maximum Gasteiger partial charge on any atom is 0.328 e. The van der Waals surface area contributed by atoms with E-state index >= 15 is 0 Å². The highest BCUT2D eigenvalue weighted by Crippen LogP contribution is 2.27. The monoisotopic (exact) mass is 395 g/mol. The molecule has 1 saturated heterocycles. The average Bonchev–Trinajstić information content (AvgIpc) is 3.09. The van der Waals surface area contributed by atoms with E-state index in [1.807, 2.05) is 12.1 Å². The third-order valence-corrected chi connectivity index (χ3v) is 4.91. The Morgan fingerprint density at radius 3 is 2.75 bits per heavy atom. The molecule has 11 nitrogen and oxygen atoms in total. The van der Waals surface area contributed by atoms with Crippen molar-refractivity contribution in [3.05, 3.63) is 40.9 Å². The lowest BCUT2D eigenvalue weighted by Crippen LogP contribution is -2.65. The Kier molecular flexibility index (Phi) is 5.63. The van der Waals surface area contributed by atoms with Crippen molar-refractivity contribution < 1.29 is 35.1 Å². The molecular formula is C17H21N3O8. The van der Waals surface area contributed by atoms with E-state index in [2.05, 4.69) is 10.3 Å². The molecule has 28 heavy (non-hydrogen) atoms. The van der Waals surface area contributed by atoms with Crippen molar-refractivity contribution in [2.45, 2.75) is 36.6 Å². The number of H-pyrrole nitrogens is 1. The third-order valence-electron chi connectivity index (χ3n) is 4.91. The number of nitrogens with one attached hydrogen (secondary N) is 1. The number of ether oxygens (including phenoxy) is 1. The molecule has 3 rings (SSSR count). The van der Waals surface area contributed by atoms with Crippen molar-refractivity contribution in [2.24, 2.45) is 5.29 Å². The number of hydrogen-bond acceptors (Lipinski definition) is 8. The maximum atomic E-state index is 11.8. The molecule has 0 aliphatic carbocycles. The van der Waals surface area contributed by atoms with Gasteiger partial charge in [-0.1, -0.05) is 18.2 Å². The molecule has 1 aliphatic rings. The molecule has 0 amide bonds. The fraction of sp³-hybridized carbons (Fsp3) is 0.471. The number of carboxylic acids is 1. The smallest absolute Gasteiger partial charge is 0.328 e. The molecule has 5 atom stereocenters. The standard InChI is InChI=1S/C17H21N3O8/c21-13-7-28-17(26,15(23)14(13)22)8-20(19-27)12(16(24)25)5-9-6-18-11-4-2-1-3-10(9)11/h1-4,6,12-15,18,21-23,26H,5,7-8H2,(H,24,25)/t12-,13+,14+,15+,17+/m0/s1. The van der Waals surface area contributed by atoms with Crippen molar-refractivity contribution in [2.75, 3.05) is 13.2 Å². The van der Waals surface area contributed by atoms with Crippen LogP contribution in [0.3, 0.4) is 0 Å². The van der Waals surface area contributed by atoms with E-state index in [0.29, 0.717) is 10.6 Å². The molecule has 1 aliphatic heterocycles. The number of aliphatic hydroxyl groups excluding tert-OH is 3. The van der Waals surface area contributed by atoms with Crippen LogP contribution >= 0.6 is 0 Å². The van der Waals surface area contributed by atoms with Gasteiger partial charge in [0.05, 0.1) is 18.4 Å². The molecule has 1 aromatic heterocycles. The lowest BCUT2D eigenvalue weighted by atomic mass is 9.96. The number of aromatic amines is 1. The SMILES string of the molecule is O=NN(C[C@@]1(O)OC[C@@H](O)[C@@H](O)[C@H]1O)[C@@H](Cc1c[nH]c2ccccc12)C(=O)O. The van der Waals surface area contributed by atoms with Crippen LogP contribution in [-0.4, -0.2) is 84.8 Å². The zero-order chi connectivity index (χ0) is 20.5. The minimum Gasteiger partial charge on any atom is -0.480 e. The highest BCUT2D eigenvalue weighted by molar-refractivity contribution is 5.84. The largest absolute Gasteiger partial charge is 0.480 e. The normalized spacial score (nSPS) is 28.8. The van der Waals surface area contributed by atoms with Crippen LogP contribution in [0.1, 0.15) is 5.56 Å². The zero-order valence-corrected chi connectivity index (χ0v) is 14.7. The van der Waals surface area contributed by atoms with Gasteiger partial charge in [-0.05, 0) is 11.6 Å². The van der Waals surface area contributed by atoms with E-state index in [9.17, 15) is 35.2 Å². The molecule has 1 aromatic carbocycles. The second-order valence-corrected chi connectivity index (χ2v) is 6.76. The number of benzene rings is 1. The highest BCUT2D eigenvalue weighted by Gasteiger charge is 2.50. The first-order valence-electron chi connectivity index (χ1n) is 8.55. The van der Waals surface area contributed by atoms with Gasteiger partial charge in [0.1, 0.15) is 18.3 Å². The van der Waals surface area contributed by atoms with Crippen LogP contribution in [0.5, 0.6) is 0 Å². The number of aliphatic hydroxyl groups is 4. The molecule has 2 aromatic rings. The molecule has 0 radical (unpaired) electrons. The van der Waals surface area contributed by atoms with Crippen LogP contribution < -0.4 is 0 Å². The summed E-state index contributed by atoms with van der Waals surface area (Å²) >= 11 is 0. The lowest BCUT2D eigenvalue weighted by Gasteiger charge is -2.43. The Balaban J connectivity index is 1.83. The van der Waals surface area contributed by atoms with E-state index in [-0.39, 0.29) is 6.42 Å². The van der Waals surface area contributed by atoms with Gasteiger partial charge in [-0.25, -0.2) is 9.80 Å². The summed E-state index contributed by atoms with van der Waals surface area (Å²) in [5.74, 6) is -3.86. The number of carboxylic acid groups (broad SMARTS) is 1. The molecule has 11 heteroatoms. The Labute approximate surface area is 158 Å². The molecule has 6 N–H and O–H groups in total. The summed E-state index contributed by atoms with van der Waals surface area (Å²) in [6.45, 7) is -1.33. The number of hydrogen-bond donors (Lipinski definition) is 6. The summed E-state index contributed by atoms with van der Waals surface area (Å²) < 4.78 is 4.98. The molecule has 0 spiro atoms. The predicted octanol–water partition coefficient (Wildman–Crippen LogP) is -1.05. The topological polar surface area (TPSA) is 176 Å². The van der Waals surface area contributed by atoms with Gasteiger partial charge >= 0.3 is 5.97 Å². The number of fused-ring (bicyclic) bond motifs is 1. The Morgan fingerprint density at radius 2 is 2.07 bits per heavy atom. The molecule has 152 valence electrons. The Hall–Kier alpha value is -2.57. The number of aliphatic carboxylic acids is 1. The maximum absolute atomic E-state index is 11.8. The van der Waals surface area contributed by atoms with Crippen LogP contribution in [0.25, 0.3) is 10.9 Å². The molecule has 0 unspecified atom stereocenters. The summed E-state index contributed by atoms with van der Waals surface area (Å²) in [4.78, 5) is 26.1. The second-order valence-electron chi connectivity index (χ2n) is 6.76. The fourth-order valence-corrected chi connectivity index (χ4v) is 3.29. The number of para-hydroxylation sites is 1. The fourth-order valence-electron chi connectivity index (χ4n) is 3.29. The average molecular weight is 395 g/mol. The Bertz CT molecular complexity index is 858. The lowest BCUT2D eigenvalue weighted by molar-refractivity contribution is -0.326. The number of nitroso groups, excluding NO2 is 1. The molecule has 2 heterocycles. The molecule has 0 bridgehead atoms. The highest BCUT2D eigenvalue weighted by atomic mass is 16.6. The van der Waals surface area contributed by atoms with E-state index in [1.165, 1.54) is 0 Å². The quantitative estimate of drug-likeness (QED) is 0.252. The number of rotatable bonds is 7. The van der Waals surface area contributed by atoms with Gasteiger partial charge in [-0.3, -0.25) is 0 Å². The van der Waals surface area contributed by atoms with Crippen LogP contribution in [0.2, 0.25) is 0 Å². The van der Waals surface area contributed by atoms with E-state index in [4.69, 9.17) is 4.74 Å². The van der Waals surface area contributed by atoms with Crippen molar-refractivity contribution >= 4 is 16.9 Å². The van der Waals surface area contributed by atoms with E-state index in [1.54, 1.807) is 18.3 Å². The van der Waals surface area contributed by atoms with E-state index < -0.39 is 49.3 Å².